The number of carboxylic acids is 2. The number of rotatable bonds is 36. The fourth-order valence-corrected chi connectivity index (χ4v) is 18.1. The van der Waals surface area contributed by atoms with E-state index < -0.39 is 95.1 Å². The molecule has 8 atom stereocenters. The molecule has 4 aliphatic rings. The Balaban J connectivity index is 0.000000179. The Morgan fingerprint density at radius 2 is 0.428 bits per heavy atom. The van der Waals surface area contributed by atoms with Crippen molar-refractivity contribution in [3.05, 3.63) is 431 Å². The lowest BCUT2D eigenvalue weighted by atomic mass is 9.87. The zero-order chi connectivity index (χ0) is 103. The van der Waals surface area contributed by atoms with Gasteiger partial charge in [-0.05, 0) is 180 Å². The molecular weight excluding hydrogens is 1820 g/mol. The lowest BCUT2D eigenvalue weighted by molar-refractivity contribution is -0.188. The molecule has 0 radical (unpaired) electrons. The van der Waals surface area contributed by atoms with Crippen molar-refractivity contribution in [2.45, 2.75) is 217 Å². The minimum Gasteiger partial charge on any atom is -0.480 e. The van der Waals surface area contributed by atoms with Gasteiger partial charge in [0.15, 0.2) is 30.1 Å². The molecule has 4 heterocycles. The quantitative estimate of drug-likeness (QED) is 0.0142. The van der Waals surface area contributed by atoms with Crippen LogP contribution in [0, 0.1) is 5.41 Å². The Bertz CT molecular complexity index is 5460. The molecule has 16 rings (SSSR count). The average Bonchev–Trinajstić information content (AvgIpc) is 0.770. The van der Waals surface area contributed by atoms with Gasteiger partial charge >= 0.3 is 23.9 Å². The van der Waals surface area contributed by atoms with Gasteiger partial charge < -0.3 is 63.0 Å². The summed E-state index contributed by atoms with van der Waals surface area (Å²) in [4.78, 5) is 111. The largest absolute Gasteiger partial charge is 0.480 e. The van der Waals surface area contributed by atoms with E-state index in [0.717, 1.165) is 95.9 Å². The number of nitrogens with one attached hydrogen (secondary N) is 1. The number of amides is 4. The van der Waals surface area contributed by atoms with Crippen molar-refractivity contribution >= 4 is 53.4 Å². The van der Waals surface area contributed by atoms with Crippen LogP contribution in [-0.2, 0) is 97.2 Å². The SMILES string of the molecule is C.CC(=N)OC(C)(C)C.CC(C)(C)OC(=O)[C@@H]1[C@H](OCCCc2ccccc2)CN1C(=O)C(c1ccccc1)c1ccccc1.CC(C)(C)OC(=O)[C@H]1[C@@H](OCCCc2ccccc2)CN1C(=O)C(c1ccccc1)c1ccccc1.O=C(O)[C@@H]1[C@H](OCCCc2ccccc2)CN1C(=O)C(c1ccccc1)c1ccccc1.O=C(O)[C@H]1[C@@H](OCCCc2ccccc2)CN1C(=O)C(c1ccccc1)c1ccccc1. The maximum atomic E-state index is 13.9. The van der Waals surface area contributed by atoms with Crippen molar-refractivity contribution in [1.29, 1.82) is 5.41 Å². The third-order valence-corrected chi connectivity index (χ3v) is 24.8. The second-order valence-electron chi connectivity index (χ2n) is 39.3. The first-order chi connectivity index (χ1) is 69.4. The average molecular weight is 1960 g/mol. The van der Waals surface area contributed by atoms with Crippen LogP contribution in [0.1, 0.15) is 193 Å². The monoisotopic (exact) mass is 1960 g/mol. The number of carboxylic acid groups (broad SMARTS) is 2. The van der Waals surface area contributed by atoms with Crippen molar-refractivity contribution in [3.63, 3.8) is 0 Å². The molecule has 12 aromatic carbocycles. The number of benzene rings is 12. The minimum atomic E-state index is -1.03. The highest BCUT2D eigenvalue weighted by Gasteiger charge is 2.55. The predicted octanol–water partition coefficient (Wildman–Crippen LogP) is 21.5. The van der Waals surface area contributed by atoms with Crippen LogP contribution in [0.2, 0.25) is 0 Å². The highest BCUT2D eigenvalue weighted by molar-refractivity contribution is 5.96. The molecule has 0 saturated carbocycles. The lowest BCUT2D eigenvalue weighted by Crippen LogP contribution is -2.68. The zero-order valence-electron chi connectivity index (χ0n) is 84.2. The Morgan fingerprint density at radius 1 is 0.269 bits per heavy atom. The van der Waals surface area contributed by atoms with Gasteiger partial charge in [0.2, 0.25) is 23.6 Å². The summed E-state index contributed by atoms with van der Waals surface area (Å²) in [6.45, 7) is 21.7. The molecule has 0 unspecified atom stereocenters. The van der Waals surface area contributed by atoms with Crippen molar-refractivity contribution in [2.24, 2.45) is 0 Å². The first kappa shape index (κ1) is 111. The Kier molecular flexibility index (Phi) is 42.1. The first-order valence-corrected chi connectivity index (χ1v) is 49.8. The molecule has 760 valence electrons. The van der Waals surface area contributed by atoms with Gasteiger partial charge in [-0.3, -0.25) is 24.6 Å². The number of hydrogen-bond acceptors (Lipinski definition) is 16. The molecule has 4 fully saturated rings. The Morgan fingerprint density at radius 3 is 0.579 bits per heavy atom. The number of ether oxygens (including phenoxy) is 7. The van der Waals surface area contributed by atoms with Crippen LogP contribution in [0.5, 0.6) is 0 Å². The van der Waals surface area contributed by atoms with Gasteiger partial charge in [0.05, 0.1) is 49.9 Å². The van der Waals surface area contributed by atoms with Gasteiger partial charge in [-0.2, -0.15) is 0 Å². The molecule has 22 heteroatoms. The van der Waals surface area contributed by atoms with E-state index in [1.54, 1.807) is 16.7 Å². The zero-order valence-corrected chi connectivity index (χ0v) is 84.2. The van der Waals surface area contributed by atoms with Crippen LogP contribution < -0.4 is 0 Å². The molecule has 22 nitrogen and oxygen atoms in total. The maximum Gasteiger partial charge on any atom is 0.332 e. The molecule has 4 amide bonds. The van der Waals surface area contributed by atoms with Crippen LogP contribution >= 0.6 is 0 Å². The summed E-state index contributed by atoms with van der Waals surface area (Å²) in [6.07, 6.45) is 5.09. The number of aliphatic carboxylic acids is 2. The molecular formula is C123H141N5O17. The van der Waals surface area contributed by atoms with Gasteiger partial charge in [-0.1, -0.05) is 371 Å². The maximum absolute atomic E-state index is 13.9. The van der Waals surface area contributed by atoms with Gasteiger partial charge in [0, 0.05) is 33.4 Å². The number of esters is 2. The number of nitrogens with zero attached hydrogens (tertiary/aromatic N) is 4. The third kappa shape index (κ3) is 33.1. The Hall–Kier alpha value is -14.3. The molecule has 4 aliphatic heterocycles. The summed E-state index contributed by atoms with van der Waals surface area (Å²) >= 11 is 0. The number of aryl methyl sites for hydroxylation is 4. The number of carbonyl (C=O) groups is 8. The molecule has 0 bridgehead atoms. The van der Waals surface area contributed by atoms with Crippen LogP contribution in [0.25, 0.3) is 0 Å². The standard InChI is InChI=1S/2C31H35NO4.2C27H27NO4.C6H13NO.CH4/c2*1-31(2,3)36-30(34)28-26(35-21-13-16-23-14-7-4-8-15-23)22-32(28)29(33)27(24-17-9-5-10-18-24)25-19-11-6-12-20-25;2*29-26(24(21-14-6-2-7-15-21)22-16-8-3-9-17-22)28-19-23(25(28)27(30)31)32-18-10-13-20-11-4-1-5-12-20;1-5(7)8-6(2,3)4;/h2*4-12,14-15,17-20,26-28H,13,16,21-22H2,1-3H3;2*1-9,11-12,14-17,23-25H,10,13,18-19H2,(H,30,31);7H,1-4H3;1H4/t2*26-,28+;2*23-,25+;;/m1010../s1. The first-order valence-electron chi connectivity index (χ1n) is 49.8. The van der Waals surface area contributed by atoms with Gasteiger partial charge in [-0.15, -0.1) is 0 Å². The molecule has 3 N–H and O–H groups in total. The van der Waals surface area contributed by atoms with Crippen molar-refractivity contribution < 1.29 is 81.7 Å². The summed E-state index contributed by atoms with van der Waals surface area (Å²) in [5.41, 5.74) is 10.4. The van der Waals surface area contributed by atoms with Gasteiger partial charge in [-0.25, -0.2) is 19.2 Å². The van der Waals surface area contributed by atoms with E-state index in [9.17, 15) is 48.6 Å². The van der Waals surface area contributed by atoms with E-state index in [0.29, 0.717) is 39.5 Å². The molecule has 4 saturated heterocycles. The van der Waals surface area contributed by atoms with Crippen LogP contribution in [0.15, 0.2) is 364 Å². The smallest absolute Gasteiger partial charge is 0.332 e. The summed E-state index contributed by atoms with van der Waals surface area (Å²) < 4.78 is 40.4. The van der Waals surface area contributed by atoms with Crippen molar-refractivity contribution in [2.75, 3.05) is 52.6 Å². The van der Waals surface area contributed by atoms with Gasteiger partial charge in [0.25, 0.3) is 0 Å². The van der Waals surface area contributed by atoms with E-state index in [1.807, 2.05) is 378 Å². The van der Waals surface area contributed by atoms with Crippen molar-refractivity contribution in [3.8, 4) is 0 Å². The summed E-state index contributed by atoms with van der Waals surface area (Å²) in [5, 5.41) is 26.5. The second-order valence-corrected chi connectivity index (χ2v) is 39.3. The summed E-state index contributed by atoms with van der Waals surface area (Å²) in [7, 11) is 0. The number of hydrogen-bond donors (Lipinski definition) is 3. The second kappa shape index (κ2) is 55.0. The summed E-state index contributed by atoms with van der Waals surface area (Å²) in [5.74, 6) is -5.38. The normalized spacial score (nSPS) is 17.1. The van der Waals surface area contributed by atoms with Gasteiger partial charge in [0.1, 0.15) is 41.2 Å². The van der Waals surface area contributed by atoms with E-state index in [1.165, 1.54) is 32.1 Å². The molecule has 0 spiro atoms. The molecule has 12 aromatic rings. The van der Waals surface area contributed by atoms with E-state index in [2.05, 4.69) is 48.5 Å². The van der Waals surface area contributed by atoms with E-state index >= 15 is 0 Å². The van der Waals surface area contributed by atoms with Crippen LogP contribution in [0.3, 0.4) is 0 Å². The third-order valence-electron chi connectivity index (χ3n) is 24.8. The highest BCUT2D eigenvalue weighted by atomic mass is 16.6. The van der Waals surface area contributed by atoms with E-state index in [-0.39, 0.29) is 67.9 Å². The number of likely N-dealkylation sites (tertiary alicyclic amines) is 4. The van der Waals surface area contributed by atoms with E-state index in [4.69, 9.17) is 38.6 Å². The lowest BCUT2D eigenvalue weighted by Gasteiger charge is -2.47. The fraction of sp³-hybridized carbons (Fsp3) is 0.341. The predicted molar refractivity (Wildman–Crippen MR) is 567 cm³/mol. The highest BCUT2D eigenvalue weighted by Crippen LogP contribution is 2.39. The fourth-order valence-electron chi connectivity index (χ4n) is 18.1. The van der Waals surface area contributed by atoms with Crippen LogP contribution in [-0.4, -0.2) is 201 Å². The molecule has 0 aromatic heterocycles. The molecule has 145 heavy (non-hydrogen) atoms. The topological polar surface area (TPSA) is 278 Å². The Labute approximate surface area is 855 Å². The number of carbonyl (C=O) groups excluding carboxylic acids is 6. The van der Waals surface area contributed by atoms with Crippen molar-refractivity contribution in [1.82, 2.24) is 19.6 Å². The minimum absolute atomic E-state index is 0. The van der Waals surface area contributed by atoms with Crippen LogP contribution in [0.4, 0.5) is 0 Å². The molecule has 0 aliphatic carbocycles. The summed E-state index contributed by atoms with van der Waals surface area (Å²) in [6, 6.07) is 114.